The lowest BCUT2D eigenvalue weighted by Gasteiger charge is -2.22. The van der Waals surface area contributed by atoms with Crippen LogP contribution >= 0.6 is 0 Å². The molecule has 1 fully saturated rings. The highest BCUT2D eigenvalue weighted by atomic mass is 16.5. The van der Waals surface area contributed by atoms with Gasteiger partial charge in [-0.1, -0.05) is 24.3 Å². The van der Waals surface area contributed by atoms with E-state index in [-0.39, 0.29) is 0 Å². The van der Waals surface area contributed by atoms with Gasteiger partial charge in [-0.15, -0.1) is 0 Å². The van der Waals surface area contributed by atoms with Crippen molar-refractivity contribution in [1.82, 2.24) is 10.2 Å². The molecular formula is C25H32N4O2. The topological polar surface area (TPSA) is 49.3 Å². The van der Waals surface area contributed by atoms with Gasteiger partial charge in [0.15, 0.2) is 5.96 Å². The van der Waals surface area contributed by atoms with E-state index in [1.807, 2.05) is 13.1 Å². The molecule has 6 nitrogen and oxygen atoms in total. The molecule has 0 aliphatic carbocycles. The lowest BCUT2D eigenvalue weighted by atomic mass is 9.98. The highest BCUT2D eigenvalue weighted by molar-refractivity contribution is 5.80. The van der Waals surface area contributed by atoms with Crippen molar-refractivity contribution in [2.45, 2.75) is 18.9 Å². The second-order valence-electron chi connectivity index (χ2n) is 8.02. The fourth-order valence-electron chi connectivity index (χ4n) is 4.32. The molecule has 2 aliphatic heterocycles. The minimum atomic E-state index is 0.427. The number of aliphatic imine (C=N–C) groups is 1. The van der Waals surface area contributed by atoms with Crippen LogP contribution in [0.25, 0.3) is 0 Å². The first kappa shape index (κ1) is 21.1. The van der Waals surface area contributed by atoms with Crippen LogP contribution in [0, 0.1) is 0 Å². The smallest absolute Gasteiger partial charge is 0.193 e. The Morgan fingerprint density at radius 1 is 1.03 bits per heavy atom. The molecular weight excluding hydrogens is 388 g/mol. The molecule has 0 amide bonds. The van der Waals surface area contributed by atoms with E-state index in [4.69, 9.17) is 9.47 Å². The maximum Gasteiger partial charge on any atom is 0.193 e. The third-order valence-electron chi connectivity index (χ3n) is 6.12. The van der Waals surface area contributed by atoms with Crippen LogP contribution in [0.4, 0.5) is 5.69 Å². The molecule has 0 radical (unpaired) electrons. The number of hydrogen-bond acceptors (Lipinski definition) is 4. The van der Waals surface area contributed by atoms with Crippen molar-refractivity contribution in [3.05, 3.63) is 65.7 Å². The van der Waals surface area contributed by atoms with Gasteiger partial charge in [0, 0.05) is 57.4 Å². The fourth-order valence-corrected chi connectivity index (χ4v) is 4.32. The van der Waals surface area contributed by atoms with Crippen LogP contribution in [0.15, 0.2) is 59.6 Å². The van der Waals surface area contributed by atoms with Gasteiger partial charge in [-0.2, -0.15) is 0 Å². The molecule has 6 heteroatoms. The van der Waals surface area contributed by atoms with E-state index >= 15 is 0 Å². The second-order valence-corrected chi connectivity index (χ2v) is 8.02. The summed E-state index contributed by atoms with van der Waals surface area (Å²) >= 11 is 0. The van der Waals surface area contributed by atoms with Crippen molar-refractivity contribution in [3.63, 3.8) is 0 Å². The number of anilines is 1. The Labute approximate surface area is 185 Å². The SMILES string of the molecule is CN=C(NCc1ccc(N2CC=CC2)cc1)N1CCC(c2cc(OC)cc(OC)c2)C1. The molecule has 0 saturated carbocycles. The molecule has 4 rings (SSSR count). The Hall–Kier alpha value is -3.15. The van der Waals surface area contributed by atoms with Crippen LogP contribution < -0.4 is 19.7 Å². The Morgan fingerprint density at radius 2 is 1.71 bits per heavy atom. The minimum absolute atomic E-state index is 0.427. The summed E-state index contributed by atoms with van der Waals surface area (Å²) in [7, 11) is 5.24. The molecule has 1 saturated heterocycles. The molecule has 164 valence electrons. The average Bonchev–Trinajstić information content (AvgIpc) is 3.52. The van der Waals surface area contributed by atoms with Crippen molar-refractivity contribution in [1.29, 1.82) is 0 Å². The molecule has 1 atom stereocenters. The van der Waals surface area contributed by atoms with Crippen molar-refractivity contribution < 1.29 is 9.47 Å². The van der Waals surface area contributed by atoms with Gasteiger partial charge in [-0.3, -0.25) is 4.99 Å². The molecule has 2 aromatic carbocycles. The zero-order valence-corrected chi connectivity index (χ0v) is 18.7. The van der Waals surface area contributed by atoms with Gasteiger partial charge in [-0.25, -0.2) is 0 Å². The van der Waals surface area contributed by atoms with Crippen molar-refractivity contribution in [2.24, 2.45) is 4.99 Å². The molecule has 0 aromatic heterocycles. The van der Waals surface area contributed by atoms with E-state index in [1.165, 1.54) is 16.8 Å². The maximum absolute atomic E-state index is 5.44. The lowest BCUT2D eigenvalue weighted by Crippen LogP contribution is -2.39. The summed E-state index contributed by atoms with van der Waals surface area (Å²) in [5.74, 6) is 3.05. The number of methoxy groups -OCH3 is 2. The number of benzene rings is 2. The summed E-state index contributed by atoms with van der Waals surface area (Å²) in [6.45, 7) is 4.67. The molecule has 2 aliphatic rings. The van der Waals surface area contributed by atoms with Crippen molar-refractivity contribution >= 4 is 11.6 Å². The summed E-state index contributed by atoms with van der Waals surface area (Å²) in [6.07, 6.45) is 5.50. The number of nitrogens with one attached hydrogen (secondary N) is 1. The number of guanidine groups is 1. The zero-order chi connectivity index (χ0) is 21.6. The highest BCUT2D eigenvalue weighted by Crippen LogP contribution is 2.33. The van der Waals surface area contributed by atoms with Gasteiger partial charge in [0.25, 0.3) is 0 Å². The molecule has 0 spiro atoms. The van der Waals surface area contributed by atoms with Crippen molar-refractivity contribution in [3.8, 4) is 11.5 Å². The number of nitrogens with zero attached hydrogens (tertiary/aromatic N) is 3. The van der Waals surface area contributed by atoms with Crippen LogP contribution in [0.1, 0.15) is 23.5 Å². The number of rotatable bonds is 6. The zero-order valence-electron chi connectivity index (χ0n) is 18.7. The Morgan fingerprint density at radius 3 is 2.32 bits per heavy atom. The quantitative estimate of drug-likeness (QED) is 0.439. The normalized spacial score (nSPS) is 18.5. The van der Waals surface area contributed by atoms with E-state index in [0.717, 1.165) is 56.6 Å². The van der Waals surface area contributed by atoms with Crippen LogP contribution in [-0.4, -0.2) is 58.3 Å². The van der Waals surface area contributed by atoms with Gasteiger partial charge in [0.1, 0.15) is 11.5 Å². The van der Waals surface area contributed by atoms with E-state index < -0.39 is 0 Å². The van der Waals surface area contributed by atoms with Crippen LogP contribution in [0.2, 0.25) is 0 Å². The molecule has 1 unspecified atom stereocenters. The monoisotopic (exact) mass is 420 g/mol. The van der Waals surface area contributed by atoms with Gasteiger partial charge in [0.05, 0.1) is 14.2 Å². The van der Waals surface area contributed by atoms with Crippen molar-refractivity contribution in [2.75, 3.05) is 52.3 Å². The summed E-state index contributed by atoms with van der Waals surface area (Å²) in [4.78, 5) is 9.22. The number of likely N-dealkylation sites (tertiary alicyclic amines) is 1. The Bertz CT molecular complexity index is 909. The Balaban J connectivity index is 1.35. The summed E-state index contributed by atoms with van der Waals surface area (Å²) < 4.78 is 10.9. The lowest BCUT2D eigenvalue weighted by molar-refractivity contribution is 0.392. The molecule has 0 bridgehead atoms. The number of ether oxygens (including phenoxy) is 2. The third kappa shape index (κ3) is 4.95. The number of hydrogen-bond donors (Lipinski definition) is 1. The third-order valence-corrected chi connectivity index (χ3v) is 6.12. The first-order chi connectivity index (χ1) is 15.2. The first-order valence-corrected chi connectivity index (χ1v) is 10.9. The van der Waals surface area contributed by atoms with E-state index in [1.54, 1.807) is 14.2 Å². The van der Waals surface area contributed by atoms with Crippen LogP contribution in [-0.2, 0) is 6.54 Å². The predicted octanol–water partition coefficient (Wildman–Crippen LogP) is 3.64. The highest BCUT2D eigenvalue weighted by Gasteiger charge is 2.27. The molecule has 31 heavy (non-hydrogen) atoms. The van der Waals surface area contributed by atoms with E-state index in [0.29, 0.717) is 5.92 Å². The summed E-state index contributed by atoms with van der Waals surface area (Å²) in [5.41, 5.74) is 3.78. The molecule has 2 heterocycles. The van der Waals surface area contributed by atoms with Gasteiger partial charge in [-0.05, 0) is 41.8 Å². The maximum atomic E-state index is 5.44. The molecule has 1 N–H and O–H groups in total. The van der Waals surface area contributed by atoms with E-state index in [9.17, 15) is 0 Å². The summed E-state index contributed by atoms with van der Waals surface area (Å²) in [6, 6.07) is 15.0. The second kappa shape index (κ2) is 9.77. The average molecular weight is 421 g/mol. The standard InChI is InChI=1S/C25H32N4O2/c1-26-25(27-17-19-6-8-22(9-7-19)28-11-4-5-12-28)29-13-10-20(18-29)21-14-23(30-2)16-24(15-21)31-3/h4-9,14-16,20H,10-13,17-18H2,1-3H3,(H,26,27). The largest absolute Gasteiger partial charge is 0.497 e. The fraction of sp³-hybridized carbons (Fsp3) is 0.400. The minimum Gasteiger partial charge on any atom is -0.497 e. The Kier molecular flexibility index (Phi) is 6.65. The van der Waals surface area contributed by atoms with Crippen LogP contribution in [0.3, 0.4) is 0 Å². The van der Waals surface area contributed by atoms with Crippen LogP contribution in [0.5, 0.6) is 11.5 Å². The van der Waals surface area contributed by atoms with E-state index in [2.05, 4.69) is 68.7 Å². The summed E-state index contributed by atoms with van der Waals surface area (Å²) in [5, 5.41) is 3.53. The van der Waals surface area contributed by atoms with Gasteiger partial charge >= 0.3 is 0 Å². The van der Waals surface area contributed by atoms with Gasteiger partial charge < -0.3 is 24.6 Å². The van der Waals surface area contributed by atoms with Gasteiger partial charge in [0.2, 0.25) is 0 Å². The predicted molar refractivity (Wildman–Crippen MR) is 126 cm³/mol. The first-order valence-electron chi connectivity index (χ1n) is 10.9. The molecule has 2 aromatic rings.